The molecule has 7 heteroatoms. The Balaban J connectivity index is 2.79. The van der Waals surface area contributed by atoms with E-state index in [1.54, 1.807) is 24.3 Å². The Morgan fingerprint density at radius 3 is 2.53 bits per heavy atom. The smallest absolute Gasteiger partial charge is 0.318 e. The van der Waals surface area contributed by atoms with Crippen LogP contribution in [0.2, 0.25) is 0 Å². The summed E-state index contributed by atoms with van der Waals surface area (Å²) in [7, 11) is 0. The van der Waals surface area contributed by atoms with Gasteiger partial charge in [0.15, 0.2) is 0 Å². The monoisotopic (exact) mass is 393 g/mol. The highest BCUT2D eigenvalue weighted by molar-refractivity contribution is 9.12. The number of aliphatic carboxylic acids is 1. The zero-order chi connectivity index (χ0) is 14.4. The second-order valence-electron chi connectivity index (χ2n) is 3.56. The van der Waals surface area contributed by atoms with E-state index in [2.05, 4.69) is 37.2 Å². The first-order chi connectivity index (χ1) is 8.97. The Kier molecular flexibility index (Phi) is 6.30. The second-order valence-corrected chi connectivity index (χ2v) is 5.53. The molecule has 0 saturated carbocycles. The first-order valence-corrected chi connectivity index (χ1v) is 7.34. The molecule has 0 aliphatic heterocycles. The summed E-state index contributed by atoms with van der Waals surface area (Å²) in [5, 5.41) is 11.5. The van der Waals surface area contributed by atoms with Gasteiger partial charge >= 0.3 is 5.97 Å². The van der Waals surface area contributed by atoms with Crippen LogP contribution in [0, 0.1) is 0 Å². The average Bonchev–Trinajstić information content (AvgIpc) is 2.39. The number of carboxylic acid groups (broad SMARTS) is 1. The maximum absolute atomic E-state index is 11.9. The number of halogens is 2. The van der Waals surface area contributed by atoms with E-state index in [9.17, 15) is 9.59 Å². The van der Waals surface area contributed by atoms with Crippen LogP contribution in [0.3, 0.4) is 0 Å². The number of carbonyl (C=O) groups excluding carboxylic acids is 1. The summed E-state index contributed by atoms with van der Waals surface area (Å²) < 4.78 is 5.37. The molecule has 0 radical (unpaired) electrons. The Morgan fingerprint density at radius 2 is 1.95 bits per heavy atom. The number of anilines is 1. The van der Waals surface area contributed by atoms with Crippen LogP contribution in [-0.2, 0) is 9.59 Å². The highest BCUT2D eigenvalue weighted by Gasteiger charge is 2.29. The van der Waals surface area contributed by atoms with Crippen LogP contribution in [-0.4, -0.2) is 33.2 Å². The predicted molar refractivity (Wildman–Crippen MR) is 79.3 cm³/mol. The maximum atomic E-state index is 11.9. The molecule has 0 bridgehead atoms. The van der Waals surface area contributed by atoms with Crippen molar-refractivity contribution in [2.24, 2.45) is 0 Å². The lowest BCUT2D eigenvalue weighted by Crippen LogP contribution is -2.34. The molecule has 1 aromatic carbocycles. The van der Waals surface area contributed by atoms with Crippen molar-refractivity contribution in [2.75, 3.05) is 11.9 Å². The lowest BCUT2D eigenvalue weighted by Gasteiger charge is -2.15. The zero-order valence-corrected chi connectivity index (χ0v) is 13.3. The molecule has 104 valence electrons. The molecule has 1 amide bonds. The topological polar surface area (TPSA) is 75.6 Å². The van der Waals surface area contributed by atoms with Gasteiger partial charge < -0.3 is 15.2 Å². The maximum Gasteiger partial charge on any atom is 0.318 e. The summed E-state index contributed by atoms with van der Waals surface area (Å²) in [5.74, 6) is -1.04. The molecular weight excluding hydrogens is 382 g/mol. The summed E-state index contributed by atoms with van der Waals surface area (Å²) in [6, 6.07) is 6.96. The molecule has 0 aliphatic carbocycles. The van der Waals surface area contributed by atoms with E-state index < -0.39 is 21.5 Å². The summed E-state index contributed by atoms with van der Waals surface area (Å²) in [6.07, 6.45) is 0. The van der Waals surface area contributed by atoms with Gasteiger partial charge in [-0.25, -0.2) is 0 Å². The number of hydrogen-bond donors (Lipinski definition) is 2. The lowest BCUT2D eigenvalue weighted by atomic mass is 10.2. The molecule has 0 fully saturated rings. The minimum atomic E-state index is -1.12. The van der Waals surface area contributed by atoms with Gasteiger partial charge in [0.05, 0.1) is 12.3 Å². The van der Waals surface area contributed by atoms with Gasteiger partial charge in [-0.15, -0.1) is 0 Å². The van der Waals surface area contributed by atoms with E-state index in [0.717, 1.165) is 0 Å². The molecule has 0 spiro atoms. The highest BCUT2D eigenvalue weighted by Crippen LogP contribution is 2.25. The Labute approximate surface area is 127 Å². The number of carboxylic acids is 1. The van der Waals surface area contributed by atoms with Crippen molar-refractivity contribution in [3.63, 3.8) is 0 Å². The Bertz CT molecular complexity index is 467. The van der Waals surface area contributed by atoms with E-state index in [1.165, 1.54) is 0 Å². The largest absolute Gasteiger partial charge is 0.492 e. The standard InChI is InChI=1S/C12H13Br2NO4/c1-2-19-8-6-4-3-5-7(8)15-11(16)9(13)10(14)12(17)18/h3-6,9-10H,2H2,1H3,(H,15,16)(H,17,18)/t9-,10-/m0/s1. The number of benzene rings is 1. The number of ether oxygens (including phenoxy) is 1. The van der Waals surface area contributed by atoms with Gasteiger partial charge in [-0.1, -0.05) is 44.0 Å². The second kappa shape index (κ2) is 7.49. The number of hydrogen-bond acceptors (Lipinski definition) is 3. The number of para-hydroxylation sites is 2. The molecule has 0 unspecified atom stereocenters. The van der Waals surface area contributed by atoms with Crippen molar-refractivity contribution >= 4 is 49.4 Å². The molecule has 19 heavy (non-hydrogen) atoms. The van der Waals surface area contributed by atoms with Gasteiger partial charge in [0, 0.05) is 0 Å². The van der Waals surface area contributed by atoms with E-state index >= 15 is 0 Å². The highest BCUT2D eigenvalue weighted by atomic mass is 79.9. The summed E-state index contributed by atoms with van der Waals surface area (Å²) >= 11 is 5.98. The van der Waals surface area contributed by atoms with Crippen molar-refractivity contribution in [3.05, 3.63) is 24.3 Å². The number of rotatable bonds is 6. The van der Waals surface area contributed by atoms with Gasteiger partial charge in [0.2, 0.25) is 5.91 Å². The minimum Gasteiger partial charge on any atom is -0.492 e. The van der Waals surface area contributed by atoms with Gasteiger partial charge in [0.1, 0.15) is 15.4 Å². The Hall–Kier alpha value is -1.08. The number of amides is 1. The number of alkyl halides is 2. The minimum absolute atomic E-state index is 0.462. The third kappa shape index (κ3) is 4.50. The van der Waals surface area contributed by atoms with Crippen LogP contribution in [0.4, 0.5) is 5.69 Å². The number of nitrogens with one attached hydrogen (secondary N) is 1. The van der Waals surface area contributed by atoms with Crippen molar-refractivity contribution in [1.29, 1.82) is 0 Å². The van der Waals surface area contributed by atoms with E-state index in [0.29, 0.717) is 18.0 Å². The van der Waals surface area contributed by atoms with Crippen molar-refractivity contribution < 1.29 is 19.4 Å². The summed E-state index contributed by atoms with van der Waals surface area (Å²) in [4.78, 5) is 20.8. The summed E-state index contributed by atoms with van der Waals surface area (Å²) in [5.41, 5.74) is 0.504. The van der Waals surface area contributed by atoms with Gasteiger partial charge in [-0.05, 0) is 19.1 Å². The molecule has 0 aromatic heterocycles. The van der Waals surface area contributed by atoms with E-state index in [-0.39, 0.29) is 0 Å². The molecule has 0 saturated heterocycles. The van der Waals surface area contributed by atoms with Gasteiger partial charge in [-0.3, -0.25) is 9.59 Å². The van der Waals surface area contributed by atoms with Crippen molar-refractivity contribution in [3.8, 4) is 5.75 Å². The number of carbonyl (C=O) groups is 2. The molecule has 1 aromatic rings. The SMILES string of the molecule is CCOc1ccccc1NC(=O)[C@@H](Br)[C@H](Br)C(=O)O. The average molecular weight is 395 g/mol. The van der Waals surface area contributed by atoms with Crippen LogP contribution in [0.1, 0.15) is 6.92 Å². The molecule has 2 N–H and O–H groups in total. The van der Waals surface area contributed by atoms with Crippen LogP contribution in [0.25, 0.3) is 0 Å². The van der Waals surface area contributed by atoms with Gasteiger partial charge in [-0.2, -0.15) is 0 Å². The normalized spacial score (nSPS) is 13.4. The lowest BCUT2D eigenvalue weighted by molar-refractivity contribution is -0.137. The third-order valence-electron chi connectivity index (χ3n) is 2.19. The van der Waals surface area contributed by atoms with E-state index in [1.807, 2.05) is 6.92 Å². The molecule has 5 nitrogen and oxygen atoms in total. The van der Waals surface area contributed by atoms with Gasteiger partial charge in [0.25, 0.3) is 0 Å². The molecule has 2 atom stereocenters. The molecule has 1 rings (SSSR count). The van der Waals surface area contributed by atoms with Crippen molar-refractivity contribution in [1.82, 2.24) is 0 Å². The van der Waals surface area contributed by atoms with Crippen LogP contribution < -0.4 is 10.1 Å². The fourth-order valence-corrected chi connectivity index (χ4v) is 1.89. The van der Waals surface area contributed by atoms with E-state index in [4.69, 9.17) is 9.84 Å². The van der Waals surface area contributed by atoms with Crippen LogP contribution in [0.5, 0.6) is 5.75 Å². The first kappa shape index (κ1) is 16.0. The first-order valence-electron chi connectivity index (χ1n) is 5.51. The molecule has 0 aliphatic rings. The third-order valence-corrected chi connectivity index (χ3v) is 4.76. The zero-order valence-electron chi connectivity index (χ0n) is 10.1. The molecule has 0 heterocycles. The fraction of sp³-hybridized carbons (Fsp3) is 0.333. The fourth-order valence-electron chi connectivity index (χ4n) is 1.31. The van der Waals surface area contributed by atoms with Crippen LogP contribution in [0.15, 0.2) is 24.3 Å². The summed E-state index contributed by atoms with van der Waals surface area (Å²) in [6.45, 7) is 2.31. The predicted octanol–water partition coefficient (Wildman–Crippen LogP) is 2.64. The quantitative estimate of drug-likeness (QED) is 0.727. The van der Waals surface area contributed by atoms with Crippen molar-refractivity contribution in [2.45, 2.75) is 16.6 Å². The molecular formula is C12H13Br2NO4. The van der Waals surface area contributed by atoms with Crippen LogP contribution >= 0.6 is 31.9 Å². The Morgan fingerprint density at radius 1 is 1.32 bits per heavy atom.